The lowest BCUT2D eigenvalue weighted by Gasteiger charge is -2.28. The quantitative estimate of drug-likeness (QED) is 0.595. The van der Waals surface area contributed by atoms with Crippen molar-refractivity contribution in [3.05, 3.63) is 23.8 Å². The number of nitrogens with zero attached hydrogens (tertiary/aromatic N) is 1. The van der Waals surface area contributed by atoms with Gasteiger partial charge in [-0.2, -0.15) is 8.42 Å². The smallest absolute Gasteiger partial charge is 0.410 e. The third kappa shape index (κ3) is 7.05. The van der Waals surface area contributed by atoms with E-state index in [4.69, 9.17) is 18.4 Å². The average Bonchev–Trinajstić information content (AvgIpc) is 3.02. The van der Waals surface area contributed by atoms with Crippen molar-refractivity contribution in [2.75, 3.05) is 26.5 Å². The van der Waals surface area contributed by atoms with Crippen LogP contribution in [-0.4, -0.2) is 63.7 Å². The van der Waals surface area contributed by atoms with Crippen molar-refractivity contribution in [2.24, 2.45) is 0 Å². The number of methoxy groups -OCH3 is 1. The zero-order valence-corrected chi connectivity index (χ0v) is 19.6. The summed E-state index contributed by atoms with van der Waals surface area (Å²) < 4.78 is 44.7. The molecule has 2 rings (SSSR count). The first kappa shape index (κ1) is 24.3. The van der Waals surface area contributed by atoms with E-state index in [0.717, 1.165) is 11.8 Å². The molecule has 0 aliphatic carbocycles. The zero-order chi connectivity index (χ0) is 22.7. The van der Waals surface area contributed by atoms with Gasteiger partial charge in [0, 0.05) is 12.5 Å². The molecule has 0 radical (unpaired) electrons. The Morgan fingerprint density at radius 2 is 1.90 bits per heavy atom. The molecular weight excluding hydrogens is 410 g/mol. The number of hydrogen-bond donors (Lipinski definition) is 0. The van der Waals surface area contributed by atoms with E-state index in [1.54, 1.807) is 32.8 Å². The van der Waals surface area contributed by atoms with E-state index in [-0.39, 0.29) is 18.6 Å². The van der Waals surface area contributed by atoms with Crippen molar-refractivity contribution >= 4 is 16.2 Å². The largest absolute Gasteiger partial charge is 0.493 e. The van der Waals surface area contributed by atoms with Gasteiger partial charge in [-0.05, 0) is 58.7 Å². The summed E-state index contributed by atoms with van der Waals surface area (Å²) in [7, 11) is -2.04. The Morgan fingerprint density at radius 1 is 1.23 bits per heavy atom. The van der Waals surface area contributed by atoms with E-state index in [2.05, 4.69) is 0 Å². The summed E-state index contributed by atoms with van der Waals surface area (Å²) in [5.74, 6) is 1.24. The molecule has 9 heteroatoms. The van der Waals surface area contributed by atoms with Gasteiger partial charge >= 0.3 is 6.09 Å². The number of carbonyl (C=O) groups excluding carboxylic acids is 1. The molecule has 2 atom stereocenters. The van der Waals surface area contributed by atoms with Crippen LogP contribution in [-0.2, 0) is 19.0 Å². The van der Waals surface area contributed by atoms with Gasteiger partial charge in [-0.1, -0.05) is 6.07 Å². The SMILES string of the molecule is COc1ccc([C@@H]2C[C@@H](COS(C)(=O)=O)N(C(=O)OC(C)(C)C)C2)cc1OC(C)C. The fourth-order valence-corrected chi connectivity index (χ4v) is 3.76. The van der Waals surface area contributed by atoms with Crippen LogP contribution in [0.4, 0.5) is 4.79 Å². The number of hydrogen-bond acceptors (Lipinski definition) is 7. The third-order valence-corrected chi connectivity index (χ3v) is 5.10. The Hall–Kier alpha value is -2.00. The fraction of sp³-hybridized carbons (Fsp3) is 0.667. The Balaban J connectivity index is 2.27. The second kappa shape index (κ2) is 9.43. The van der Waals surface area contributed by atoms with Crippen molar-refractivity contribution < 1.29 is 31.6 Å². The summed E-state index contributed by atoms with van der Waals surface area (Å²) >= 11 is 0. The van der Waals surface area contributed by atoms with Crippen LogP contribution in [0.1, 0.15) is 52.5 Å². The molecule has 0 aromatic heterocycles. The second-order valence-corrected chi connectivity index (χ2v) is 10.4. The van der Waals surface area contributed by atoms with E-state index in [0.29, 0.717) is 24.5 Å². The molecule has 0 saturated carbocycles. The standard InChI is InChI=1S/C21H33NO7S/c1-14(2)28-19-11-15(8-9-18(19)26-6)16-10-17(13-27-30(7,24)25)22(12-16)20(23)29-21(3,4)5/h8-9,11,14,16-17H,10,12-13H2,1-7H3/t16-,17+/m1/s1. The van der Waals surface area contributed by atoms with Crippen LogP contribution in [0, 0.1) is 0 Å². The predicted molar refractivity (Wildman–Crippen MR) is 114 cm³/mol. The molecule has 1 heterocycles. The Bertz CT molecular complexity index is 845. The number of ether oxygens (including phenoxy) is 3. The molecule has 1 saturated heterocycles. The first-order valence-corrected chi connectivity index (χ1v) is 11.8. The van der Waals surface area contributed by atoms with Gasteiger partial charge in [0.05, 0.1) is 32.1 Å². The molecule has 0 spiro atoms. The van der Waals surface area contributed by atoms with E-state index < -0.39 is 27.9 Å². The third-order valence-electron chi connectivity index (χ3n) is 4.54. The van der Waals surface area contributed by atoms with E-state index in [1.807, 2.05) is 32.0 Å². The highest BCUT2D eigenvalue weighted by atomic mass is 32.2. The summed E-state index contributed by atoms with van der Waals surface area (Å²) in [5.41, 5.74) is 0.317. The summed E-state index contributed by atoms with van der Waals surface area (Å²) in [6.45, 7) is 9.52. The Kier molecular flexibility index (Phi) is 7.63. The van der Waals surface area contributed by atoms with Gasteiger partial charge in [-0.15, -0.1) is 0 Å². The van der Waals surface area contributed by atoms with E-state index >= 15 is 0 Å². The van der Waals surface area contributed by atoms with Gasteiger partial charge < -0.3 is 19.1 Å². The fourth-order valence-electron chi connectivity index (χ4n) is 3.36. The minimum atomic E-state index is -3.62. The lowest BCUT2D eigenvalue weighted by Crippen LogP contribution is -2.42. The maximum Gasteiger partial charge on any atom is 0.410 e. The number of amides is 1. The van der Waals surface area contributed by atoms with Gasteiger partial charge in [0.25, 0.3) is 10.1 Å². The molecule has 30 heavy (non-hydrogen) atoms. The van der Waals surface area contributed by atoms with Gasteiger partial charge in [-0.3, -0.25) is 4.18 Å². The highest BCUT2D eigenvalue weighted by Crippen LogP contribution is 2.37. The van der Waals surface area contributed by atoms with E-state index in [9.17, 15) is 13.2 Å². The monoisotopic (exact) mass is 443 g/mol. The topological polar surface area (TPSA) is 91.4 Å². The molecule has 170 valence electrons. The van der Waals surface area contributed by atoms with Crippen LogP contribution in [0.15, 0.2) is 18.2 Å². The number of carbonyl (C=O) groups is 1. The maximum atomic E-state index is 12.7. The normalized spacial score (nSPS) is 19.8. The van der Waals surface area contributed by atoms with Gasteiger partial charge in [0.2, 0.25) is 0 Å². The first-order chi connectivity index (χ1) is 13.8. The van der Waals surface area contributed by atoms with Crippen molar-refractivity contribution in [1.82, 2.24) is 4.90 Å². The minimum Gasteiger partial charge on any atom is -0.493 e. The molecular formula is C21H33NO7S. The zero-order valence-electron chi connectivity index (χ0n) is 18.8. The van der Waals surface area contributed by atoms with Crippen LogP contribution in [0.3, 0.4) is 0 Å². The van der Waals surface area contributed by atoms with Crippen LogP contribution in [0.25, 0.3) is 0 Å². The second-order valence-electron chi connectivity index (χ2n) is 8.78. The lowest BCUT2D eigenvalue weighted by atomic mass is 9.96. The highest BCUT2D eigenvalue weighted by Gasteiger charge is 2.39. The van der Waals surface area contributed by atoms with Crippen molar-refractivity contribution in [1.29, 1.82) is 0 Å². The van der Waals surface area contributed by atoms with Gasteiger partial charge in [0.15, 0.2) is 11.5 Å². The number of benzene rings is 1. The first-order valence-electron chi connectivity index (χ1n) is 9.97. The molecule has 1 amide bonds. The van der Waals surface area contributed by atoms with E-state index in [1.165, 1.54) is 0 Å². The van der Waals surface area contributed by atoms with Crippen LogP contribution >= 0.6 is 0 Å². The number of rotatable bonds is 7. The van der Waals surface area contributed by atoms with Crippen molar-refractivity contribution in [2.45, 2.75) is 64.7 Å². The molecule has 1 aromatic carbocycles. The summed E-state index contributed by atoms with van der Waals surface area (Å²) in [5, 5.41) is 0. The van der Waals surface area contributed by atoms with Crippen LogP contribution in [0.5, 0.6) is 11.5 Å². The van der Waals surface area contributed by atoms with Crippen molar-refractivity contribution in [3.8, 4) is 11.5 Å². The molecule has 1 aliphatic rings. The molecule has 1 aromatic rings. The molecule has 1 fully saturated rings. The van der Waals surface area contributed by atoms with Gasteiger partial charge in [-0.25, -0.2) is 4.79 Å². The molecule has 0 unspecified atom stereocenters. The summed E-state index contributed by atoms with van der Waals surface area (Å²) in [6.07, 6.45) is 1.03. The molecule has 8 nitrogen and oxygen atoms in total. The van der Waals surface area contributed by atoms with Crippen LogP contribution < -0.4 is 9.47 Å². The van der Waals surface area contributed by atoms with Gasteiger partial charge in [0.1, 0.15) is 5.60 Å². The minimum absolute atomic E-state index is 0.0214. The van der Waals surface area contributed by atoms with Crippen molar-refractivity contribution in [3.63, 3.8) is 0 Å². The maximum absolute atomic E-state index is 12.7. The summed E-state index contributed by atoms with van der Waals surface area (Å²) in [4.78, 5) is 14.3. The molecule has 1 aliphatic heterocycles. The average molecular weight is 444 g/mol. The lowest BCUT2D eigenvalue weighted by molar-refractivity contribution is 0.0188. The summed E-state index contributed by atoms with van der Waals surface area (Å²) in [6, 6.07) is 5.27. The Morgan fingerprint density at radius 3 is 2.43 bits per heavy atom. The Labute approximate surface area is 179 Å². The molecule has 0 N–H and O–H groups in total. The van der Waals surface area contributed by atoms with Crippen LogP contribution in [0.2, 0.25) is 0 Å². The predicted octanol–water partition coefficient (Wildman–Crippen LogP) is 3.55. The molecule has 0 bridgehead atoms. The highest BCUT2D eigenvalue weighted by molar-refractivity contribution is 7.85. The number of likely N-dealkylation sites (tertiary alicyclic amines) is 1.